The molecule has 0 aromatic carbocycles. The number of hydrogen-bond donors (Lipinski definition) is 1. The van der Waals surface area contributed by atoms with Crippen LogP contribution < -0.4 is 5.32 Å². The summed E-state index contributed by atoms with van der Waals surface area (Å²) in [5.41, 5.74) is 2.54. The van der Waals surface area contributed by atoms with Crippen molar-refractivity contribution in [1.82, 2.24) is 20.0 Å². The van der Waals surface area contributed by atoms with Crippen LogP contribution in [0.15, 0.2) is 4.47 Å². The van der Waals surface area contributed by atoms with Gasteiger partial charge in [0, 0.05) is 19.1 Å². The summed E-state index contributed by atoms with van der Waals surface area (Å²) in [6.07, 6.45) is 4.72. The number of halogens is 1. The summed E-state index contributed by atoms with van der Waals surface area (Å²) in [6.45, 7) is 12.1. The van der Waals surface area contributed by atoms with E-state index in [-0.39, 0.29) is 0 Å². The zero-order chi connectivity index (χ0) is 15.2. The molecule has 4 nitrogen and oxygen atoms in total. The molecule has 0 spiro atoms. The monoisotopic (exact) mass is 356 g/mol. The molecule has 0 radical (unpaired) electrons. The van der Waals surface area contributed by atoms with E-state index >= 15 is 0 Å². The lowest BCUT2D eigenvalue weighted by Gasteiger charge is -2.34. The molecule has 1 aromatic rings. The summed E-state index contributed by atoms with van der Waals surface area (Å²) in [5.74, 6) is 0. The zero-order valence-electron chi connectivity index (χ0n) is 13.7. The van der Waals surface area contributed by atoms with Crippen LogP contribution in [0.4, 0.5) is 0 Å². The second-order valence-electron chi connectivity index (χ2n) is 5.83. The van der Waals surface area contributed by atoms with Crippen molar-refractivity contribution in [2.75, 3.05) is 19.6 Å². The maximum atomic E-state index is 4.74. The Morgan fingerprint density at radius 2 is 2.00 bits per heavy atom. The lowest BCUT2D eigenvalue weighted by Crippen LogP contribution is -2.43. The first-order valence-corrected chi connectivity index (χ1v) is 9.19. The molecule has 5 heteroatoms. The number of aromatic nitrogens is 2. The Hall–Kier alpha value is -0.390. The van der Waals surface area contributed by atoms with Gasteiger partial charge in [0.05, 0.1) is 15.9 Å². The molecule has 0 saturated carbocycles. The van der Waals surface area contributed by atoms with Crippen LogP contribution >= 0.6 is 15.9 Å². The van der Waals surface area contributed by atoms with Gasteiger partial charge in [0.1, 0.15) is 0 Å². The maximum absolute atomic E-state index is 4.74. The molecule has 2 rings (SSSR count). The Balaban J connectivity index is 2.17. The Morgan fingerprint density at radius 3 is 2.57 bits per heavy atom. The second-order valence-corrected chi connectivity index (χ2v) is 6.62. The van der Waals surface area contributed by atoms with Gasteiger partial charge in [0.15, 0.2) is 0 Å². The minimum absolute atomic E-state index is 0.711. The van der Waals surface area contributed by atoms with E-state index in [0.29, 0.717) is 6.04 Å². The van der Waals surface area contributed by atoms with Crippen LogP contribution in [-0.4, -0.2) is 40.4 Å². The van der Waals surface area contributed by atoms with E-state index in [1.165, 1.54) is 41.7 Å². The van der Waals surface area contributed by atoms with E-state index in [2.05, 4.69) is 51.6 Å². The number of nitrogens with zero attached hydrogens (tertiary/aromatic N) is 3. The quantitative estimate of drug-likeness (QED) is 0.814. The van der Waals surface area contributed by atoms with E-state index in [1.54, 1.807) is 0 Å². The van der Waals surface area contributed by atoms with Gasteiger partial charge in [-0.25, -0.2) is 0 Å². The SMILES string of the molecule is CCCN(Cc1c(Br)c(CC)nn1CC)C1CCNCC1. The fourth-order valence-corrected chi connectivity index (χ4v) is 3.90. The van der Waals surface area contributed by atoms with Crippen molar-refractivity contribution >= 4 is 15.9 Å². The van der Waals surface area contributed by atoms with Crippen molar-refractivity contribution in [1.29, 1.82) is 0 Å². The highest BCUT2D eigenvalue weighted by Gasteiger charge is 2.23. The second kappa shape index (κ2) is 8.30. The number of hydrogen-bond acceptors (Lipinski definition) is 3. The van der Waals surface area contributed by atoms with Crippen LogP contribution in [0.5, 0.6) is 0 Å². The van der Waals surface area contributed by atoms with Gasteiger partial charge in [-0.3, -0.25) is 9.58 Å². The highest BCUT2D eigenvalue weighted by atomic mass is 79.9. The molecular weight excluding hydrogens is 328 g/mol. The topological polar surface area (TPSA) is 33.1 Å². The Morgan fingerprint density at radius 1 is 1.29 bits per heavy atom. The molecule has 0 amide bonds. The smallest absolute Gasteiger partial charge is 0.0767 e. The van der Waals surface area contributed by atoms with Gasteiger partial charge < -0.3 is 5.32 Å². The van der Waals surface area contributed by atoms with Crippen molar-refractivity contribution in [3.05, 3.63) is 15.9 Å². The molecule has 0 aliphatic carbocycles. The Bertz CT molecular complexity index is 438. The summed E-state index contributed by atoms with van der Waals surface area (Å²) in [7, 11) is 0. The fourth-order valence-electron chi connectivity index (χ4n) is 3.21. The molecule has 1 aromatic heterocycles. The fraction of sp³-hybridized carbons (Fsp3) is 0.812. The van der Waals surface area contributed by atoms with Crippen molar-refractivity contribution in [2.45, 2.75) is 65.6 Å². The molecule has 1 fully saturated rings. The third kappa shape index (κ3) is 4.08. The first-order valence-electron chi connectivity index (χ1n) is 8.40. The normalized spacial score (nSPS) is 16.8. The summed E-state index contributed by atoms with van der Waals surface area (Å²) in [5, 5.41) is 8.21. The molecule has 0 atom stereocenters. The first kappa shape index (κ1) is 17.0. The van der Waals surface area contributed by atoms with Crippen LogP contribution in [0.2, 0.25) is 0 Å². The Labute approximate surface area is 137 Å². The summed E-state index contributed by atoms with van der Waals surface area (Å²) < 4.78 is 3.40. The van der Waals surface area contributed by atoms with Crippen molar-refractivity contribution in [3.8, 4) is 0 Å². The summed E-state index contributed by atoms with van der Waals surface area (Å²) in [4.78, 5) is 2.66. The number of piperidine rings is 1. The molecule has 21 heavy (non-hydrogen) atoms. The predicted octanol–water partition coefficient (Wildman–Crippen LogP) is 3.19. The average molecular weight is 357 g/mol. The zero-order valence-corrected chi connectivity index (χ0v) is 15.2. The average Bonchev–Trinajstić information content (AvgIpc) is 2.83. The molecule has 2 heterocycles. The highest BCUT2D eigenvalue weighted by Crippen LogP contribution is 2.25. The van der Waals surface area contributed by atoms with Crippen molar-refractivity contribution in [3.63, 3.8) is 0 Å². The van der Waals surface area contributed by atoms with Gasteiger partial charge in [-0.15, -0.1) is 0 Å². The number of rotatable bonds is 7. The van der Waals surface area contributed by atoms with Crippen LogP contribution in [0.3, 0.4) is 0 Å². The van der Waals surface area contributed by atoms with Crippen molar-refractivity contribution in [2.24, 2.45) is 0 Å². The lowest BCUT2D eigenvalue weighted by molar-refractivity contribution is 0.150. The third-order valence-electron chi connectivity index (χ3n) is 4.38. The van der Waals surface area contributed by atoms with Crippen LogP contribution in [0.25, 0.3) is 0 Å². The van der Waals surface area contributed by atoms with Crippen LogP contribution in [0.1, 0.15) is 51.4 Å². The van der Waals surface area contributed by atoms with E-state index in [4.69, 9.17) is 5.10 Å². The van der Waals surface area contributed by atoms with Gasteiger partial charge in [0.25, 0.3) is 0 Å². The largest absolute Gasteiger partial charge is 0.317 e. The number of aryl methyl sites for hydroxylation is 2. The Kier molecular flexibility index (Phi) is 6.71. The summed E-state index contributed by atoms with van der Waals surface area (Å²) in [6, 6.07) is 0.711. The van der Waals surface area contributed by atoms with Gasteiger partial charge in [-0.1, -0.05) is 13.8 Å². The minimum atomic E-state index is 0.711. The van der Waals surface area contributed by atoms with Gasteiger partial charge in [0.2, 0.25) is 0 Å². The molecule has 0 bridgehead atoms. The molecule has 1 aliphatic rings. The van der Waals surface area contributed by atoms with Gasteiger partial charge in [-0.05, 0) is 68.2 Å². The summed E-state index contributed by atoms with van der Waals surface area (Å²) >= 11 is 3.78. The molecule has 0 unspecified atom stereocenters. The van der Waals surface area contributed by atoms with Gasteiger partial charge in [-0.2, -0.15) is 5.10 Å². The van der Waals surface area contributed by atoms with Crippen LogP contribution in [0, 0.1) is 0 Å². The number of nitrogens with one attached hydrogen (secondary N) is 1. The standard InChI is InChI=1S/C16H29BrN4/c1-4-11-20(13-7-9-18-10-8-13)12-15-16(17)14(5-2)19-21(15)6-3/h13,18H,4-12H2,1-3H3. The molecule has 1 saturated heterocycles. The predicted molar refractivity (Wildman–Crippen MR) is 91.6 cm³/mol. The van der Waals surface area contributed by atoms with E-state index in [0.717, 1.165) is 32.6 Å². The van der Waals surface area contributed by atoms with Crippen molar-refractivity contribution < 1.29 is 0 Å². The molecule has 1 N–H and O–H groups in total. The molecule has 120 valence electrons. The maximum Gasteiger partial charge on any atom is 0.0767 e. The molecular formula is C16H29BrN4. The minimum Gasteiger partial charge on any atom is -0.317 e. The highest BCUT2D eigenvalue weighted by molar-refractivity contribution is 9.10. The lowest BCUT2D eigenvalue weighted by atomic mass is 10.0. The van der Waals surface area contributed by atoms with E-state index in [1.807, 2.05) is 0 Å². The van der Waals surface area contributed by atoms with Gasteiger partial charge >= 0.3 is 0 Å². The first-order chi connectivity index (χ1) is 10.2. The third-order valence-corrected chi connectivity index (χ3v) is 5.30. The van der Waals surface area contributed by atoms with Crippen LogP contribution in [-0.2, 0) is 19.5 Å². The van der Waals surface area contributed by atoms with E-state index in [9.17, 15) is 0 Å². The van der Waals surface area contributed by atoms with E-state index < -0.39 is 0 Å². The molecule has 1 aliphatic heterocycles.